The van der Waals surface area contributed by atoms with Crippen LogP contribution in [0.15, 0.2) is 23.2 Å². The van der Waals surface area contributed by atoms with Gasteiger partial charge in [-0.15, -0.1) is 0 Å². The first-order valence-electron chi connectivity index (χ1n) is 6.85. The van der Waals surface area contributed by atoms with Gasteiger partial charge in [-0.1, -0.05) is 13.0 Å². The van der Waals surface area contributed by atoms with Crippen LogP contribution < -0.4 is 15.4 Å². The summed E-state index contributed by atoms with van der Waals surface area (Å²) < 4.78 is 18.7. The lowest BCUT2D eigenvalue weighted by atomic mass is 10.1. The van der Waals surface area contributed by atoms with Gasteiger partial charge in [-0.3, -0.25) is 4.99 Å². The molecule has 4 nitrogen and oxygen atoms in total. The fraction of sp³-hybridized carbons (Fsp3) is 0.533. The highest BCUT2D eigenvalue weighted by Gasteiger charge is 2.11. The Labute approximate surface area is 130 Å². The molecule has 2 N–H and O–H groups in total. The second kappa shape index (κ2) is 8.77. The van der Waals surface area contributed by atoms with Gasteiger partial charge in [0.25, 0.3) is 0 Å². The molecule has 0 fully saturated rings. The monoisotopic (exact) mass is 313 g/mol. The SMILES string of the molecule is CN=C(NCC(C)SC)NC(C)c1ccc(OC)c(F)c1. The molecule has 0 saturated heterocycles. The number of hydrogen-bond acceptors (Lipinski definition) is 3. The number of aliphatic imine (C=N–C) groups is 1. The number of nitrogens with one attached hydrogen (secondary N) is 2. The minimum atomic E-state index is -0.359. The third-order valence-electron chi connectivity index (χ3n) is 3.21. The largest absolute Gasteiger partial charge is 0.494 e. The molecule has 0 amide bonds. The topological polar surface area (TPSA) is 45.7 Å². The molecular formula is C15H24FN3OS. The average Bonchev–Trinajstić information content (AvgIpc) is 2.50. The number of thioether (sulfide) groups is 1. The number of benzene rings is 1. The third kappa shape index (κ3) is 5.46. The van der Waals surface area contributed by atoms with Gasteiger partial charge < -0.3 is 15.4 Å². The van der Waals surface area contributed by atoms with Gasteiger partial charge in [0.05, 0.1) is 13.2 Å². The molecule has 1 aromatic rings. The molecule has 1 aromatic carbocycles. The number of guanidine groups is 1. The van der Waals surface area contributed by atoms with E-state index in [9.17, 15) is 4.39 Å². The summed E-state index contributed by atoms with van der Waals surface area (Å²) in [6.45, 7) is 4.93. The third-order valence-corrected chi connectivity index (χ3v) is 4.18. The van der Waals surface area contributed by atoms with Gasteiger partial charge >= 0.3 is 0 Å². The van der Waals surface area contributed by atoms with Crippen LogP contribution in [0.3, 0.4) is 0 Å². The molecule has 0 radical (unpaired) electrons. The van der Waals surface area contributed by atoms with Gasteiger partial charge in [-0.05, 0) is 30.9 Å². The molecule has 0 bridgehead atoms. The van der Waals surface area contributed by atoms with Crippen molar-refractivity contribution < 1.29 is 9.13 Å². The van der Waals surface area contributed by atoms with E-state index in [2.05, 4.69) is 28.8 Å². The zero-order valence-corrected chi connectivity index (χ0v) is 14.1. The van der Waals surface area contributed by atoms with Gasteiger partial charge in [0, 0.05) is 18.8 Å². The van der Waals surface area contributed by atoms with E-state index in [0.29, 0.717) is 11.2 Å². The number of nitrogens with zero attached hydrogens (tertiary/aromatic N) is 1. The van der Waals surface area contributed by atoms with E-state index < -0.39 is 0 Å². The molecule has 0 aliphatic heterocycles. The van der Waals surface area contributed by atoms with Crippen LogP contribution in [-0.4, -0.2) is 38.2 Å². The number of hydrogen-bond donors (Lipinski definition) is 2. The zero-order chi connectivity index (χ0) is 15.8. The molecule has 0 spiro atoms. The van der Waals surface area contributed by atoms with Crippen LogP contribution >= 0.6 is 11.8 Å². The molecule has 2 unspecified atom stereocenters. The Kier molecular flexibility index (Phi) is 7.36. The summed E-state index contributed by atoms with van der Waals surface area (Å²) in [5.74, 6) is 0.601. The second-order valence-electron chi connectivity index (χ2n) is 4.76. The summed E-state index contributed by atoms with van der Waals surface area (Å²) in [5, 5.41) is 7.00. The van der Waals surface area contributed by atoms with Crippen LogP contribution in [0.5, 0.6) is 5.75 Å². The lowest BCUT2D eigenvalue weighted by Crippen LogP contribution is -2.41. The van der Waals surface area contributed by atoms with Crippen molar-refractivity contribution in [2.75, 3.05) is 27.0 Å². The van der Waals surface area contributed by atoms with E-state index in [1.54, 1.807) is 24.9 Å². The predicted molar refractivity (Wildman–Crippen MR) is 88.8 cm³/mol. The number of methoxy groups -OCH3 is 1. The number of rotatable bonds is 6. The van der Waals surface area contributed by atoms with Crippen LogP contribution in [0.25, 0.3) is 0 Å². The van der Waals surface area contributed by atoms with Gasteiger partial charge in [0.15, 0.2) is 17.5 Å². The van der Waals surface area contributed by atoms with Crippen molar-refractivity contribution in [3.63, 3.8) is 0 Å². The molecule has 118 valence electrons. The van der Waals surface area contributed by atoms with E-state index in [-0.39, 0.29) is 17.6 Å². The van der Waals surface area contributed by atoms with Crippen LogP contribution in [0, 0.1) is 5.82 Å². The van der Waals surface area contributed by atoms with Crippen molar-refractivity contribution >= 4 is 17.7 Å². The molecule has 1 rings (SSSR count). The van der Waals surface area contributed by atoms with E-state index in [0.717, 1.165) is 12.1 Å². The first kappa shape index (κ1) is 17.6. The fourth-order valence-corrected chi connectivity index (χ4v) is 2.01. The summed E-state index contributed by atoms with van der Waals surface area (Å²) >= 11 is 1.79. The smallest absolute Gasteiger partial charge is 0.191 e. The highest BCUT2D eigenvalue weighted by Crippen LogP contribution is 2.21. The quantitative estimate of drug-likeness (QED) is 0.626. The Hall–Kier alpha value is -1.43. The van der Waals surface area contributed by atoms with Crippen molar-refractivity contribution in [1.29, 1.82) is 0 Å². The fourth-order valence-electron chi connectivity index (χ4n) is 1.76. The zero-order valence-electron chi connectivity index (χ0n) is 13.2. The molecular weight excluding hydrogens is 289 g/mol. The highest BCUT2D eigenvalue weighted by molar-refractivity contribution is 7.99. The lowest BCUT2D eigenvalue weighted by Gasteiger charge is -2.20. The van der Waals surface area contributed by atoms with Crippen molar-refractivity contribution in [1.82, 2.24) is 10.6 Å². The molecule has 0 aliphatic rings. The Morgan fingerprint density at radius 1 is 1.43 bits per heavy atom. The maximum Gasteiger partial charge on any atom is 0.191 e. The second-order valence-corrected chi connectivity index (χ2v) is 6.04. The molecule has 2 atom stereocenters. The normalized spacial score (nSPS) is 14.5. The van der Waals surface area contributed by atoms with E-state index in [4.69, 9.17) is 4.74 Å². The van der Waals surface area contributed by atoms with Gasteiger partial charge in [-0.2, -0.15) is 11.8 Å². The van der Waals surface area contributed by atoms with Crippen LogP contribution in [0.1, 0.15) is 25.5 Å². The van der Waals surface area contributed by atoms with Crippen molar-refractivity contribution in [2.45, 2.75) is 25.1 Å². The van der Waals surface area contributed by atoms with Gasteiger partial charge in [0.1, 0.15) is 0 Å². The number of halogens is 1. The average molecular weight is 313 g/mol. The molecule has 6 heteroatoms. The standard InChI is InChI=1S/C15H24FN3OS/c1-10(21-5)9-18-15(17-3)19-11(2)12-6-7-14(20-4)13(16)8-12/h6-8,10-11H,9H2,1-5H3,(H2,17,18,19). The minimum Gasteiger partial charge on any atom is -0.494 e. The van der Waals surface area contributed by atoms with Gasteiger partial charge in [-0.25, -0.2) is 4.39 Å². The summed E-state index contributed by atoms with van der Waals surface area (Å²) in [6, 6.07) is 4.90. The maximum atomic E-state index is 13.7. The Morgan fingerprint density at radius 3 is 2.67 bits per heavy atom. The van der Waals surface area contributed by atoms with E-state index in [1.165, 1.54) is 13.2 Å². The van der Waals surface area contributed by atoms with Crippen LogP contribution in [-0.2, 0) is 0 Å². The molecule has 0 aromatic heterocycles. The molecule has 0 heterocycles. The highest BCUT2D eigenvalue weighted by atomic mass is 32.2. The van der Waals surface area contributed by atoms with Crippen molar-refractivity contribution in [2.24, 2.45) is 4.99 Å². The number of ether oxygens (including phenoxy) is 1. The van der Waals surface area contributed by atoms with Gasteiger partial charge in [0.2, 0.25) is 0 Å². The summed E-state index contributed by atoms with van der Waals surface area (Å²) in [5.41, 5.74) is 0.842. The molecule has 0 aliphatic carbocycles. The minimum absolute atomic E-state index is 0.0545. The van der Waals surface area contributed by atoms with Crippen LogP contribution in [0.4, 0.5) is 4.39 Å². The first-order chi connectivity index (χ1) is 10.0. The summed E-state index contributed by atoms with van der Waals surface area (Å²) in [7, 11) is 3.18. The van der Waals surface area contributed by atoms with E-state index >= 15 is 0 Å². The summed E-state index contributed by atoms with van der Waals surface area (Å²) in [6.07, 6.45) is 2.07. The van der Waals surface area contributed by atoms with Crippen molar-refractivity contribution in [3.8, 4) is 5.75 Å². The molecule has 21 heavy (non-hydrogen) atoms. The molecule has 0 saturated carbocycles. The lowest BCUT2D eigenvalue weighted by molar-refractivity contribution is 0.386. The maximum absolute atomic E-state index is 13.7. The van der Waals surface area contributed by atoms with Crippen molar-refractivity contribution in [3.05, 3.63) is 29.6 Å². The first-order valence-corrected chi connectivity index (χ1v) is 8.14. The Bertz CT molecular complexity index is 482. The Balaban J connectivity index is 2.66. The van der Waals surface area contributed by atoms with E-state index in [1.807, 2.05) is 13.0 Å². The van der Waals surface area contributed by atoms with Crippen LogP contribution in [0.2, 0.25) is 0 Å². The summed E-state index contributed by atoms with van der Waals surface area (Å²) in [4.78, 5) is 4.18. The Morgan fingerprint density at radius 2 is 2.14 bits per heavy atom. The predicted octanol–water partition coefficient (Wildman–Crippen LogP) is 2.81.